The molecule has 2 aromatic carbocycles. The minimum absolute atomic E-state index is 0.208. The number of hydrogen-bond donors (Lipinski definition) is 0. The minimum Gasteiger partial charge on any atom is -0.496 e. The summed E-state index contributed by atoms with van der Waals surface area (Å²) in [4.78, 5) is 11.3. The molecular formula is C19H20O3. The monoisotopic (exact) mass is 296 g/mol. The molecule has 114 valence electrons. The van der Waals surface area contributed by atoms with Gasteiger partial charge in [0.1, 0.15) is 11.5 Å². The summed E-state index contributed by atoms with van der Waals surface area (Å²) in [5, 5.41) is 0. The van der Waals surface area contributed by atoms with E-state index in [0.29, 0.717) is 11.3 Å². The smallest absolute Gasteiger partial charge is 0.153 e. The third-order valence-electron chi connectivity index (χ3n) is 4.59. The highest BCUT2D eigenvalue weighted by molar-refractivity contribution is 5.82. The summed E-state index contributed by atoms with van der Waals surface area (Å²) in [5.41, 5.74) is 5.61. The molecule has 3 nitrogen and oxygen atoms in total. The van der Waals surface area contributed by atoms with Crippen molar-refractivity contribution in [2.45, 2.75) is 25.7 Å². The number of aldehydes is 1. The molecule has 0 bridgehead atoms. The van der Waals surface area contributed by atoms with Gasteiger partial charge in [-0.25, -0.2) is 0 Å². The van der Waals surface area contributed by atoms with Crippen LogP contribution in [0.2, 0.25) is 0 Å². The van der Waals surface area contributed by atoms with Crippen molar-refractivity contribution in [2.24, 2.45) is 0 Å². The Balaban J connectivity index is 2.22. The molecule has 0 amide bonds. The van der Waals surface area contributed by atoms with E-state index in [4.69, 9.17) is 9.47 Å². The summed E-state index contributed by atoms with van der Waals surface area (Å²) in [6.07, 6.45) is 2.90. The molecule has 0 N–H and O–H groups in total. The second-order valence-corrected chi connectivity index (χ2v) is 5.66. The van der Waals surface area contributed by atoms with Crippen LogP contribution >= 0.6 is 0 Å². The number of fused-ring (bicyclic) bond motifs is 1. The maximum atomic E-state index is 11.3. The highest BCUT2D eigenvalue weighted by Crippen LogP contribution is 2.47. The van der Waals surface area contributed by atoms with Gasteiger partial charge in [0.05, 0.1) is 19.8 Å². The summed E-state index contributed by atoms with van der Waals surface area (Å²) in [5.74, 6) is 1.62. The Bertz CT molecular complexity index is 719. The maximum Gasteiger partial charge on any atom is 0.153 e. The number of ether oxygens (including phenoxy) is 2. The zero-order valence-corrected chi connectivity index (χ0v) is 13.2. The number of carbonyl (C=O) groups excluding carboxylic acids is 1. The van der Waals surface area contributed by atoms with Crippen LogP contribution in [-0.2, 0) is 6.42 Å². The summed E-state index contributed by atoms with van der Waals surface area (Å²) in [7, 11) is 3.27. The molecular weight excluding hydrogens is 276 g/mol. The maximum absolute atomic E-state index is 11.3. The Hall–Kier alpha value is -2.29. The van der Waals surface area contributed by atoms with E-state index >= 15 is 0 Å². The van der Waals surface area contributed by atoms with Gasteiger partial charge in [-0.1, -0.05) is 18.2 Å². The summed E-state index contributed by atoms with van der Waals surface area (Å²) >= 11 is 0. The first-order valence-electron chi connectivity index (χ1n) is 7.49. The highest BCUT2D eigenvalue weighted by Gasteiger charge is 2.30. The number of benzene rings is 2. The van der Waals surface area contributed by atoms with Crippen molar-refractivity contribution in [1.82, 2.24) is 0 Å². The van der Waals surface area contributed by atoms with Crippen LogP contribution in [0.25, 0.3) is 0 Å². The second-order valence-electron chi connectivity index (χ2n) is 5.66. The lowest BCUT2D eigenvalue weighted by molar-refractivity contribution is 0.112. The number of carbonyl (C=O) groups is 1. The van der Waals surface area contributed by atoms with E-state index in [1.54, 1.807) is 20.3 Å². The van der Waals surface area contributed by atoms with E-state index in [0.717, 1.165) is 30.4 Å². The molecule has 1 aliphatic carbocycles. The van der Waals surface area contributed by atoms with Gasteiger partial charge in [-0.05, 0) is 48.6 Å². The Morgan fingerprint density at radius 3 is 2.64 bits per heavy atom. The molecule has 0 saturated carbocycles. The van der Waals surface area contributed by atoms with Crippen molar-refractivity contribution in [3.63, 3.8) is 0 Å². The Morgan fingerprint density at radius 1 is 1.14 bits per heavy atom. The molecule has 0 spiro atoms. The van der Waals surface area contributed by atoms with Crippen LogP contribution in [0.15, 0.2) is 30.3 Å². The number of methoxy groups -OCH3 is 2. The molecule has 0 aliphatic heterocycles. The first-order chi connectivity index (χ1) is 10.7. The van der Waals surface area contributed by atoms with Gasteiger partial charge in [0.15, 0.2) is 6.29 Å². The van der Waals surface area contributed by atoms with Crippen LogP contribution in [0.3, 0.4) is 0 Å². The SMILES string of the molecule is COc1ccc(C=O)c(OC)c1C1CCc2c(C)cccc21. The molecule has 3 heteroatoms. The molecule has 22 heavy (non-hydrogen) atoms. The van der Waals surface area contributed by atoms with E-state index < -0.39 is 0 Å². The molecule has 1 aliphatic rings. The van der Waals surface area contributed by atoms with Crippen LogP contribution in [0.4, 0.5) is 0 Å². The Kier molecular flexibility index (Phi) is 3.88. The van der Waals surface area contributed by atoms with E-state index in [-0.39, 0.29) is 5.92 Å². The highest BCUT2D eigenvalue weighted by atomic mass is 16.5. The van der Waals surface area contributed by atoms with Crippen LogP contribution in [0, 0.1) is 6.92 Å². The van der Waals surface area contributed by atoms with E-state index in [2.05, 4.69) is 25.1 Å². The van der Waals surface area contributed by atoms with Crippen molar-refractivity contribution >= 4 is 6.29 Å². The topological polar surface area (TPSA) is 35.5 Å². The van der Waals surface area contributed by atoms with E-state index in [1.165, 1.54) is 16.7 Å². The summed E-state index contributed by atoms with van der Waals surface area (Å²) in [6.45, 7) is 2.15. The lowest BCUT2D eigenvalue weighted by Gasteiger charge is -2.20. The standard InChI is InChI=1S/C19H20O3/c1-12-5-4-6-15-14(12)8-9-16(15)18-17(21-2)10-7-13(11-20)19(18)22-3/h4-7,10-11,16H,8-9H2,1-3H3. The molecule has 2 aromatic rings. The molecule has 0 heterocycles. The lowest BCUT2D eigenvalue weighted by Crippen LogP contribution is -2.05. The van der Waals surface area contributed by atoms with Crippen LogP contribution < -0.4 is 9.47 Å². The van der Waals surface area contributed by atoms with Crippen LogP contribution in [-0.4, -0.2) is 20.5 Å². The van der Waals surface area contributed by atoms with Gasteiger partial charge in [-0.15, -0.1) is 0 Å². The Morgan fingerprint density at radius 2 is 1.95 bits per heavy atom. The first kappa shape index (κ1) is 14.6. The average Bonchev–Trinajstić information content (AvgIpc) is 2.98. The fourth-order valence-corrected chi connectivity index (χ4v) is 3.56. The zero-order valence-electron chi connectivity index (χ0n) is 13.2. The number of hydrogen-bond acceptors (Lipinski definition) is 3. The molecule has 0 aromatic heterocycles. The van der Waals surface area contributed by atoms with Gasteiger partial charge >= 0.3 is 0 Å². The number of aryl methyl sites for hydroxylation is 1. The van der Waals surface area contributed by atoms with Gasteiger partial charge in [0.25, 0.3) is 0 Å². The largest absolute Gasteiger partial charge is 0.496 e. The van der Waals surface area contributed by atoms with Crippen molar-refractivity contribution in [2.75, 3.05) is 14.2 Å². The zero-order chi connectivity index (χ0) is 15.7. The van der Waals surface area contributed by atoms with Crippen LogP contribution in [0.5, 0.6) is 11.5 Å². The predicted molar refractivity (Wildman–Crippen MR) is 86.3 cm³/mol. The summed E-state index contributed by atoms with van der Waals surface area (Å²) in [6, 6.07) is 10.0. The lowest BCUT2D eigenvalue weighted by atomic mass is 9.89. The van der Waals surface area contributed by atoms with Gasteiger partial charge in [0, 0.05) is 11.5 Å². The van der Waals surface area contributed by atoms with Crippen molar-refractivity contribution in [1.29, 1.82) is 0 Å². The quantitative estimate of drug-likeness (QED) is 0.803. The van der Waals surface area contributed by atoms with E-state index in [9.17, 15) is 4.79 Å². The minimum atomic E-state index is 0.208. The Labute approximate surface area is 130 Å². The third kappa shape index (κ3) is 2.17. The second kappa shape index (κ2) is 5.84. The molecule has 0 saturated heterocycles. The van der Waals surface area contributed by atoms with Crippen LogP contribution in [0.1, 0.15) is 45.0 Å². The van der Waals surface area contributed by atoms with Crippen molar-refractivity contribution in [3.05, 3.63) is 58.1 Å². The molecule has 1 unspecified atom stereocenters. The number of rotatable bonds is 4. The first-order valence-corrected chi connectivity index (χ1v) is 7.49. The predicted octanol–water partition coefficient (Wildman–Crippen LogP) is 3.90. The van der Waals surface area contributed by atoms with Crippen molar-refractivity contribution in [3.8, 4) is 11.5 Å². The summed E-state index contributed by atoms with van der Waals surface area (Å²) < 4.78 is 11.1. The third-order valence-corrected chi connectivity index (χ3v) is 4.59. The van der Waals surface area contributed by atoms with E-state index in [1.807, 2.05) is 6.07 Å². The molecule has 0 fully saturated rings. The van der Waals surface area contributed by atoms with Gasteiger partial charge in [0.2, 0.25) is 0 Å². The molecule has 1 atom stereocenters. The fourth-order valence-electron chi connectivity index (χ4n) is 3.56. The molecule has 0 radical (unpaired) electrons. The molecule has 3 rings (SSSR count). The van der Waals surface area contributed by atoms with Gasteiger partial charge < -0.3 is 9.47 Å². The van der Waals surface area contributed by atoms with Gasteiger partial charge in [-0.3, -0.25) is 4.79 Å². The normalized spacial score (nSPS) is 16.2. The van der Waals surface area contributed by atoms with Crippen molar-refractivity contribution < 1.29 is 14.3 Å². The van der Waals surface area contributed by atoms with Gasteiger partial charge in [-0.2, -0.15) is 0 Å². The average molecular weight is 296 g/mol. The fraction of sp³-hybridized carbons (Fsp3) is 0.316.